The van der Waals surface area contributed by atoms with Gasteiger partial charge in [0.25, 0.3) is 0 Å². The summed E-state index contributed by atoms with van der Waals surface area (Å²) in [4.78, 5) is 11.6. The largest absolute Gasteiger partial charge is 0.491 e. The molecule has 0 aliphatic rings. The van der Waals surface area contributed by atoms with Crippen molar-refractivity contribution >= 4 is 41.8 Å². The lowest BCUT2D eigenvalue weighted by Crippen LogP contribution is -2.46. The van der Waals surface area contributed by atoms with E-state index in [1.807, 2.05) is 6.92 Å². The molecule has 1 rings (SSSR count). The van der Waals surface area contributed by atoms with Gasteiger partial charge in [-0.25, -0.2) is 0 Å². The molecular weight excluding hydrogens is 522 g/mol. The van der Waals surface area contributed by atoms with E-state index in [9.17, 15) is 9.90 Å². The average molecular weight is 562 g/mol. The van der Waals surface area contributed by atoms with Crippen molar-refractivity contribution in [3.63, 3.8) is 0 Å². The number of aldehydes is 1. The van der Waals surface area contributed by atoms with E-state index in [-0.39, 0.29) is 30.9 Å². The fraction of sp³-hybridized carbons (Fsp3) is 0.708. The van der Waals surface area contributed by atoms with E-state index in [4.69, 9.17) is 18.9 Å². The van der Waals surface area contributed by atoms with Crippen LogP contribution in [0, 0.1) is 5.92 Å². The van der Waals surface area contributed by atoms with Gasteiger partial charge in [-0.3, -0.25) is 4.79 Å². The first-order valence-corrected chi connectivity index (χ1v) is 12.7. The molecule has 0 aromatic heterocycles. The molecule has 1 aromatic rings. The summed E-state index contributed by atoms with van der Waals surface area (Å²) in [5.41, 5.74) is -0.0976. The molecule has 0 saturated carbocycles. The first-order chi connectivity index (χ1) is 15.2. The second kappa shape index (κ2) is 15.3. The van der Waals surface area contributed by atoms with Gasteiger partial charge in [-0.05, 0) is 59.8 Å². The van der Waals surface area contributed by atoms with E-state index in [0.29, 0.717) is 35.9 Å². The van der Waals surface area contributed by atoms with Crippen LogP contribution in [0.5, 0.6) is 5.75 Å². The monoisotopic (exact) mass is 562 g/mol. The Morgan fingerprint density at radius 3 is 2.19 bits per heavy atom. The molecule has 1 unspecified atom stereocenters. The van der Waals surface area contributed by atoms with Crippen molar-refractivity contribution < 1.29 is 28.8 Å². The van der Waals surface area contributed by atoms with Crippen molar-refractivity contribution in [3.05, 3.63) is 23.8 Å². The Hall–Kier alpha value is -0.675. The van der Waals surface area contributed by atoms with Gasteiger partial charge in [-0.2, -0.15) is 0 Å². The van der Waals surface area contributed by atoms with Crippen LogP contribution in [-0.4, -0.2) is 61.1 Å². The van der Waals surface area contributed by atoms with Gasteiger partial charge in [0.05, 0.1) is 13.2 Å². The van der Waals surface area contributed by atoms with Gasteiger partial charge in [-0.15, -0.1) is 0 Å². The first-order valence-electron chi connectivity index (χ1n) is 11.6. The minimum absolute atomic E-state index is 0.00769. The Balaban J connectivity index is 2.93. The zero-order valence-electron chi connectivity index (χ0n) is 20.3. The average Bonchev–Trinajstić information content (AvgIpc) is 2.77. The maximum Gasteiger partial charge on any atom is 0.314 e. The maximum absolute atomic E-state index is 11.6. The summed E-state index contributed by atoms with van der Waals surface area (Å²) in [6.07, 6.45) is 4.72. The number of alkyl halides is 1. The van der Waals surface area contributed by atoms with Gasteiger partial charge in [0, 0.05) is 18.8 Å². The molecule has 1 aromatic carbocycles. The highest BCUT2D eigenvalue weighted by Gasteiger charge is 2.31. The molecule has 0 radical (unpaired) electrons. The maximum atomic E-state index is 11.6. The van der Waals surface area contributed by atoms with E-state index < -0.39 is 5.60 Å². The third-order valence-corrected chi connectivity index (χ3v) is 6.91. The predicted octanol–water partition coefficient (Wildman–Crippen LogP) is 4.04. The van der Waals surface area contributed by atoms with Crippen molar-refractivity contribution in [2.75, 3.05) is 33.0 Å². The predicted molar refractivity (Wildman–Crippen MR) is 139 cm³/mol. The van der Waals surface area contributed by atoms with Gasteiger partial charge in [0.2, 0.25) is 0 Å². The van der Waals surface area contributed by atoms with Crippen molar-refractivity contribution in [3.8, 4) is 5.75 Å². The Kier molecular flexibility index (Phi) is 14.0. The Bertz CT molecular complexity index is 656. The molecule has 0 aliphatic carbocycles. The van der Waals surface area contributed by atoms with Crippen molar-refractivity contribution in [2.45, 2.75) is 69.5 Å². The SMILES string of the molecule is CCCCOCC(O)(COCCCC)COc1cccc(C=O)c1BOC(C)(I)C(C)C. The minimum atomic E-state index is -1.29. The van der Waals surface area contributed by atoms with Crippen LogP contribution in [0.4, 0.5) is 0 Å². The number of hydrogen-bond donors (Lipinski definition) is 1. The summed E-state index contributed by atoms with van der Waals surface area (Å²) in [5.74, 6) is 0.813. The summed E-state index contributed by atoms with van der Waals surface area (Å²) < 4.78 is 23.1. The van der Waals surface area contributed by atoms with Gasteiger partial charge in [-0.1, -0.05) is 52.7 Å². The van der Waals surface area contributed by atoms with Crippen LogP contribution in [0.25, 0.3) is 0 Å². The van der Waals surface area contributed by atoms with E-state index in [0.717, 1.165) is 32.0 Å². The number of rotatable bonds is 18. The fourth-order valence-corrected chi connectivity index (χ4v) is 2.87. The van der Waals surface area contributed by atoms with E-state index in [1.54, 1.807) is 18.2 Å². The van der Waals surface area contributed by atoms with Gasteiger partial charge < -0.3 is 24.0 Å². The summed E-state index contributed by atoms with van der Waals surface area (Å²) in [5, 5.41) is 11.1. The summed E-state index contributed by atoms with van der Waals surface area (Å²) in [6, 6.07) is 5.30. The fourth-order valence-electron chi connectivity index (χ4n) is 2.72. The molecule has 0 amide bonds. The molecule has 32 heavy (non-hydrogen) atoms. The number of halogens is 1. The Labute approximate surface area is 208 Å². The smallest absolute Gasteiger partial charge is 0.314 e. The van der Waals surface area contributed by atoms with Gasteiger partial charge >= 0.3 is 7.48 Å². The van der Waals surface area contributed by atoms with Crippen molar-refractivity contribution in [1.29, 1.82) is 0 Å². The summed E-state index contributed by atoms with van der Waals surface area (Å²) in [6.45, 7) is 11.8. The molecule has 0 aliphatic heterocycles. The van der Waals surface area contributed by atoms with E-state index in [2.05, 4.69) is 50.3 Å². The lowest BCUT2D eigenvalue weighted by molar-refractivity contribution is -0.115. The lowest BCUT2D eigenvalue weighted by Gasteiger charge is -2.30. The van der Waals surface area contributed by atoms with Crippen LogP contribution < -0.4 is 10.2 Å². The lowest BCUT2D eigenvalue weighted by atomic mass is 9.82. The molecule has 182 valence electrons. The molecular formula is C24H40BIO6. The molecule has 0 bridgehead atoms. The van der Waals surface area contributed by atoms with Crippen LogP contribution in [0.3, 0.4) is 0 Å². The standard InChI is InChI=1S/C24H40BIO6/c1-6-8-13-29-16-24(28,17-30-14-9-7-2)18-31-21-12-10-11-20(15-27)22(21)25-32-23(5,26)19(3)4/h10-12,15,19,25,28H,6-9,13-14,16-18H2,1-5H3. The molecule has 8 heteroatoms. The third-order valence-electron chi connectivity index (χ3n) is 5.35. The second-order valence-corrected chi connectivity index (χ2v) is 10.8. The number of benzene rings is 1. The van der Waals surface area contributed by atoms with Crippen LogP contribution in [0.1, 0.15) is 70.7 Å². The molecule has 6 nitrogen and oxygen atoms in total. The quantitative estimate of drug-likeness (QED) is 0.0958. The molecule has 0 saturated heterocycles. The van der Waals surface area contributed by atoms with Gasteiger partial charge in [0.1, 0.15) is 27.9 Å². The minimum Gasteiger partial charge on any atom is -0.491 e. The molecule has 1 N–H and O–H groups in total. The van der Waals surface area contributed by atoms with Crippen LogP contribution in [0.2, 0.25) is 0 Å². The second-order valence-electron chi connectivity index (χ2n) is 8.70. The molecule has 1 atom stereocenters. The van der Waals surface area contributed by atoms with Crippen LogP contribution >= 0.6 is 22.6 Å². The number of carbonyl (C=O) groups is 1. The Morgan fingerprint density at radius 2 is 1.69 bits per heavy atom. The number of carbonyl (C=O) groups excluding carboxylic acids is 1. The van der Waals surface area contributed by atoms with Crippen molar-refractivity contribution in [1.82, 2.24) is 0 Å². The normalized spacial score (nSPS) is 13.8. The molecule has 0 spiro atoms. The number of ether oxygens (including phenoxy) is 3. The first kappa shape index (κ1) is 29.4. The number of hydrogen-bond acceptors (Lipinski definition) is 6. The zero-order chi connectivity index (χ0) is 24.0. The summed E-state index contributed by atoms with van der Waals surface area (Å²) in [7, 11) is 0.236. The van der Waals surface area contributed by atoms with E-state index >= 15 is 0 Å². The van der Waals surface area contributed by atoms with Crippen LogP contribution in [0.15, 0.2) is 18.2 Å². The highest BCUT2D eigenvalue weighted by molar-refractivity contribution is 14.1. The van der Waals surface area contributed by atoms with Gasteiger partial charge in [0.15, 0.2) is 0 Å². The van der Waals surface area contributed by atoms with E-state index in [1.165, 1.54) is 0 Å². The van der Waals surface area contributed by atoms with Crippen molar-refractivity contribution in [2.24, 2.45) is 5.92 Å². The zero-order valence-corrected chi connectivity index (χ0v) is 22.5. The summed E-state index contributed by atoms with van der Waals surface area (Å²) >= 11 is 2.28. The highest BCUT2D eigenvalue weighted by atomic mass is 127. The Morgan fingerprint density at radius 1 is 1.09 bits per heavy atom. The number of unbranched alkanes of at least 4 members (excludes halogenated alkanes) is 2. The van der Waals surface area contributed by atoms with Crippen LogP contribution in [-0.2, 0) is 14.1 Å². The molecule has 0 fully saturated rings. The topological polar surface area (TPSA) is 74.2 Å². The number of aliphatic hydroxyl groups is 1. The molecule has 0 heterocycles. The third kappa shape index (κ3) is 10.5. The highest BCUT2D eigenvalue weighted by Crippen LogP contribution is 2.28.